The third-order valence-corrected chi connectivity index (χ3v) is 8.58. The van der Waals surface area contributed by atoms with Gasteiger partial charge in [0.2, 0.25) is 0 Å². The average molecular weight is 578 g/mol. The lowest BCUT2D eigenvalue weighted by Crippen LogP contribution is -2.29. The Morgan fingerprint density at radius 3 is 2.35 bits per heavy atom. The van der Waals surface area contributed by atoms with Gasteiger partial charge in [-0.25, -0.2) is 9.97 Å². The summed E-state index contributed by atoms with van der Waals surface area (Å²) in [4.78, 5) is 22.6. The summed E-state index contributed by atoms with van der Waals surface area (Å²) in [5.74, 6) is 0.624. The fourth-order valence-corrected chi connectivity index (χ4v) is 6.45. The molecular weight excluding hydrogens is 539 g/mol. The topological polar surface area (TPSA) is 75.5 Å². The fourth-order valence-electron chi connectivity index (χ4n) is 5.01. The van der Waals surface area contributed by atoms with Gasteiger partial charge in [-0.3, -0.25) is 9.69 Å². The molecule has 0 fully saturated rings. The molecule has 0 amide bonds. The molecular formula is C32H39N3O3S2. The lowest BCUT2D eigenvalue weighted by Gasteiger charge is -2.17. The number of benzene rings is 2. The fraction of sp³-hybridized carbons (Fsp3) is 0.406. The number of carbonyl (C=O) groups is 1. The molecule has 4 rings (SSSR count). The monoisotopic (exact) mass is 577 g/mol. The molecule has 8 heteroatoms. The first-order valence-corrected chi connectivity index (χ1v) is 15.7. The molecule has 0 bridgehead atoms. The Kier molecular flexibility index (Phi) is 10.9. The Morgan fingerprint density at radius 1 is 0.975 bits per heavy atom. The number of aromatic nitrogens is 2. The molecule has 0 spiro atoms. The van der Waals surface area contributed by atoms with E-state index in [-0.39, 0.29) is 6.54 Å². The van der Waals surface area contributed by atoms with E-state index in [4.69, 9.17) is 9.72 Å². The lowest BCUT2D eigenvalue weighted by molar-refractivity contribution is -0.138. The molecule has 212 valence electrons. The van der Waals surface area contributed by atoms with Crippen LogP contribution in [0.3, 0.4) is 0 Å². The van der Waals surface area contributed by atoms with E-state index in [1.54, 1.807) is 22.7 Å². The highest BCUT2D eigenvalue weighted by Gasteiger charge is 2.16. The third-order valence-electron chi connectivity index (χ3n) is 6.93. The van der Waals surface area contributed by atoms with Crippen LogP contribution in [0, 0.1) is 13.8 Å². The van der Waals surface area contributed by atoms with Crippen molar-refractivity contribution in [3.8, 4) is 17.0 Å². The second-order valence-electron chi connectivity index (χ2n) is 10.3. The van der Waals surface area contributed by atoms with Gasteiger partial charge in [-0.2, -0.15) is 0 Å². The minimum absolute atomic E-state index is 0.0582. The highest BCUT2D eigenvalue weighted by Crippen LogP contribution is 2.30. The summed E-state index contributed by atoms with van der Waals surface area (Å²) in [6.45, 7) is 9.96. The van der Waals surface area contributed by atoms with E-state index in [0.717, 1.165) is 38.3 Å². The van der Waals surface area contributed by atoms with E-state index in [0.29, 0.717) is 25.6 Å². The van der Waals surface area contributed by atoms with Crippen LogP contribution in [0.1, 0.15) is 77.8 Å². The van der Waals surface area contributed by atoms with Crippen LogP contribution in [-0.4, -0.2) is 32.5 Å². The van der Waals surface area contributed by atoms with Crippen LogP contribution in [-0.2, 0) is 24.5 Å². The van der Waals surface area contributed by atoms with Crippen LogP contribution in [0.5, 0.6) is 5.75 Å². The van der Waals surface area contributed by atoms with Crippen molar-refractivity contribution >= 4 is 28.6 Å². The summed E-state index contributed by atoms with van der Waals surface area (Å²) >= 11 is 3.12. The summed E-state index contributed by atoms with van der Waals surface area (Å²) in [7, 11) is 0. The minimum atomic E-state index is -0.858. The molecule has 0 aliphatic heterocycles. The molecule has 4 aromatic rings. The van der Waals surface area contributed by atoms with Gasteiger partial charge in [-0.1, -0.05) is 51.0 Å². The molecule has 6 nitrogen and oxygen atoms in total. The smallest absolute Gasteiger partial charge is 0.317 e. The van der Waals surface area contributed by atoms with Gasteiger partial charge in [0.1, 0.15) is 17.4 Å². The molecule has 2 aromatic heterocycles. The average Bonchev–Trinajstić information content (AvgIpc) is 3.56. The Labute approximate surface area is 245 Å². The van der Waals surface area contributed by atoms with Crippen molar-refractivity contribution in [2.45, 2.75) is 79.0 Å². The van der Waals surface area contributed by atoms with Crippen molar-refractivity contribution in [3.05, 3.63) is 85.6 Å². The van der Waals surface area contributed by atoms with Crippen LogP contribution in [0.4, 0.5) is 0 Å². The van der Waals surface area contributed by atoms with Crippen LogP contribution < -0.4 is 4.74 Å². The molecule has 2 heterocycles. The highest BCUT2D eigenvalue weighted by molar-refractivity contribution is 7.10. The number of aliphatic carboxylic acids is 1. The second-order valence-corrected chi connectivity index (χ2v) is 12.3. The van der Waals surface area contributed by atoms with Gasteiger partial charge >= 0.3 is 5.97 Å². The van der Waals surface area contributed by atoms with Gasteiger partial charge in [0.05, 0.1) is 29.5 Å². The van der Waals surface area contributed by atoms with E-state index >= 15 is 0 Å². The first kappa shape index (κ1) is 29.9. The Bertz CT molecular complexity index is 1370. The number of aryl methyl sites for hydroxylation is 2. The van der Waals surface area contributed by atoms with Gasteiger partial charge in [0.25, 0.3) is 0 Å². The Morgan fingerprint density at radius 2 is 1.73 bits per heavy atom. The molecule has 0 radical (unpaired) electrons. The largest absolute Gasteiger partial charge is 0.489 e. The standard InChI is InChI=1S/C32H39N3O3S2/c1-5-7-25(8-6-2)26-11-9-24(10-12-26)19-38-28-13-14-29(22(3)15-28)30-21-40-31(34-30)17-35(18-32(36)37)16-27-20-39-23(4)33-27/h9-15,20-21,25H,5-8,16-19H2,1-4H3,(H,36,37). The zero-order valence-electron chi connectivity index (χ0n) is 23.9. The molecule has 0 aliphatic carbocycles. The number of nitrogens with zero attached hydrogens (tertiary/aromatic N) is 3. The second kappa shape index (κ2) is 14.5. The van der Waals surface area contributed by atoms with Crippen molar-refractivity contribution in [3.63, 3.8) is 0 Å². The summed E-state index contributed by atoms with van der Waals surface area (Å²) in [6, 6.07) is 15.0. The molecule has 0 saturated heterocycles. The SMILES string of the molecule is CCCC(CCC)c1ccc(COc2ccc(-c3csc(CN(CC(=O)O)Cc4csc(C)n4)n3)c(C)c2)cc1. The highest BCUT2D eigenvalue weighted by atomic mass is 32.1. The number of thiazole rings is 2. The summed E-state index contributed by atoms with van der Waals surface area (Å²) in [6.07, 6.45) is 4.90. The Balaban J connectivity index is 1.37. The van der Waals surface area contributed by atoms with Crippen molar-refractivity contribution in [1.82, 2.24) is 14.9 Å². The molecule has 0 saturated carbocycles. The maximum absolute atomic E-state index is 11.4. The van der Waals surface area contributed by atoms with E-state index in [1.807, 2.05) is 28.7 Å². The van der Waals surface area contributed by atoms with Gasteiger partial charge in [-0.15, -0.1) is 22.7 Å². The number of carboxylic acid groups (broad SMARTS) is 1. The number of carboxylic acids is 1. The summed E-state index contributed by atoms with van der Waals surface area (Å²) in [5.41, 5.74) is 6.52. The Hall–Kier alpha value is -3.07. The van der Waals surface area contributed by atoms with Gasteiger partial charge in [0.15, 0.2) is 0 Å². The number of hydrogen-bond donors (Lipinski definition) is 1. The van der Waals surface area contributed by atoms with E-state index in [2.05, 4.69) is 62.2 Å². The van der Waals surface area contributed by atoms with Crippen LogP contribution in [0.2, 0.25) is 0 Å². The zero-order valence-corrected chi connectivity index (χ0v) is 25.5. The van der Waals surface area contributed by atoms with Gasteiger partial charge in [0, 0.05) is 22.9 Å². The number of ether oxygens (including phenoxy) is 1. The minimum Gasteiger partial charge on any atom is -0.489 e. The van der Waals surface area contributed by atoms with Gasteiger partial charge < -0.3 is 9.84 Å². The number of rotatable bonds is 15. The van der Waals surface area contributed by atoms with Crippen LogP contribution >= 0.6 is 22.7 Å². The predicted octanol–water partition coefficient (Wildman–Crippen LogP) is 8.23. The van der Waals surface area contributed by atoms with Crippen molar-refractivity contribution in [2.75, 3.05) is 6.54 Å². The molecule has 0 aliphatic rings. The summed E-state index contributed by atoms with van der Waals surface area (Å²) in [5, 5.41) is 15.3. The molecule has 1 N–H and O–H groups in total. The van der Waals surface area contributed by atoms with E-state index < -0.39 is 5.97 Å². The quantitative estimate of drug-likeness (QED) is 0.153. The van der Waals surface area contributed by atoms with Crippen LogP contribution in [0.15, 0.2) is 53.2 Å². The molecule has 2 aromatic carbocycles. The van der Waals surface area contributed by atoms with Crippen molar-refractivity contribution in [1.29, 1.82) is 0 Å². The molecule has 40 heavy (non-hydrogen) atoms. The lowest BCUT2D eigenvalue weighted by atomic mass is 9.90. The van der Waals surface area contributed by atoms with Crippen LogP contribution in [0.25, 0.3) is 11.3 Å². The molecule has 0 atom stereocenters. The first-order chi connectivity index (χ1) is 19.3. The van der Waals surface area contributed by atoms with Gasteiger partial charge in [-0.05, 0) is 67.5 Å². The predicted molar refractivity (Wildman–Crippen MR) is 164 cm³/mol. The van der Waals surface area contributed by atoms with Crippen molar-refractivity contribution in [2.24, 2.45) is 0 Å². The van der Waals surface area contributed by atoms with E-state index in [9.17, 15) is 9.90 Å². The molecule has 0 unspecified atom stereocenters. The normalized spacial score (nSPS) is 11.4. The first-order valence-electron chi connectivity index (χ1n) is 14.0. The van der Waals surface area contributed by atoms with E-state index in [1.165, 1.54) is 36.8 Å². The van der Waals surface area contributed by atoms with Crippen molar-refractivity contribution < 1.29 is 14.6 Å². The maximum atomic E-state index is 11.4. The number of hydrogen-bond acceptors (Lipinski definition) is 7. The maximum Gasteiger partial charge on any atom is 0.317 e. The third kappa shape index (κ3) is 8.46. The zero-order chi connectivity index (χ0) is 28.5. The summed E-state index contributed by atoms with van der Waals surface area (Å²) < 4.78 is 6.13.